The molecule has 0 bridgehead atoms. The first-order chi connectivity index (χ1) is 31.2. The molecular formula is C63H53N. The van der Waals surface area contributed by atoms with Crippen molar-refractivity contribution in [2.75, 3.05) is 4.90 Å². The Morgan fingerprint density at radius 1 is 0.312 bits per heavy atom. The lowest BCUT2D eigenvalue weighted by molar-refractivity contribution is 0.332. The molecule has 0 radical (unpaired) electrons. The second-order valence-electron chi connectivity index (χ2n) is 19.1. The van der Waals surface area contributed by atoms with Crippen LogP contribution in [0.15, 0.2) is 224 Å². The van der Waals surface area contributed by atoms with E-state index in [9.17, 15) is 0 Å². The summed E-state index contributed by atoms with van der Waals surface area (Å²) in [4.78, 5) is 2.50. The van der Waals surface area contributed by atoms with Crippen molar-refractivity contribution >= 4 is 17.1 Å². The topological polar surface area (TPSA) is 3.24 Å². The average Bonchev–Trinajstić information content (AvgIpc) is 3.64. The Hall–Kier alpha value is -7.22. The van der Waals surface area contributed by atoms with Crippen LogP contribution in [0.4, 0.5) is 17.1 Å². The maximum atomic E-state index is 2.55. The van der Waals surface area contributed by atoms with Gasteiger partial charge in [-0.1, -0.05) is 216 Å². The molecule has 0 aliphatic heterocycles. The second-order valence-corrected chi connectivity index (χ2v) is 19.1. The fraction of sp³-hybridized carbons (Fsp3) is 0.143. The smallest absolute Gasteiger partial charge is 0.0714 e. The van der Waals surface area contributed by atoms with Gasteiger partial charge in [0.25, 0.3) is 0 Å². The molecule has 2 aliphatic rings. The predicted octanol–water partition coefficient (Wildman–Crippen LogP) is 16.9. The van der Waals surface area contributed by atoms with Crippen molar-refractivity contribution < 1.29 is 0 Å². The molecule has 9 aromatic carbocycles. The maximum absolute atomic E-state index is 2.55. The minimum Gasteiger partial charge on any atom is -0.310 e. The molecular weight excluding hydrogens is 771 g/mol. The molecule has 0 aromatic heterocycles. The Morgan fingerprint density at radius 3 is 1.39 bits per heavy atom. The van der Waals surface area contributed by atoms with Crippen LogP contribution in [0.3, 0.4) is 0 Å². The van der Waals surface area contributed by atoms with Gasteiger partial charge in [0.1, 0.15) is 0 Å². The van der Waals surface area contributed by atoms with E-state index in [1.54, 1.807) is 0 Å². The van der Waals surface area contributed by atoms with E-state index >= 15 is 0 Å². The van der Waals surface area contributed by atoms with Gasteiger partial charge in [-0.25, -0.2) is 0 Å². The average molecular weight is 824 g/mol. The number of para-hydroxylation sites is 1. The van der Waals surface area contributed by atoms with Crippen LogP contribution in [0, 0.1) is 0 Å². The van der Waals surface area contributed by atoms with Gasteiger partial charge in [0, 0.05) is 16.9 Å². The maximum Gasteiger partial charge on any atom is 0.0714 e. The van der Waals surface area contributed by atoms with Crippen LogP contribution in [0.1, 0.15) is 73.9 Å². The monoisotopic (exact) mass is 823 g/mol. The number of hydrogen-bond donors (Lipinski definition) is 0. The lowest BCUT2D eigenvalue weighted by atomic mass is 9.63. The first-order valence-electron chi connectivity index (χ1n) is 22.9. The highest BCUT2D eigenvalue weighted by molar-refractivity contribution is 5.97. The second kappa shape index (κ2) is 15.5. The number of fused-ring (bicyclic) bond motifs is 4. The summed E-state index contributed by atoms with van der Waals surface area (Å²) in [5.74, 6) is 0. The minimum absolute atomic E-state index is 0.0606. The summed E-state index contributed by atoms with van der Waals surface area (Å²) in [6, 6.07) is 83.6. The van der Waals surface area contributed by atoms with E-state index in [0.717, 1.165) is 23.5 Å². The van der Waals surface area contributed by atoms with E-state index in [-0.39, 0.29) is 10.8 Å². The van der Waals surface area contributed by atoms with Gasteiger partial charge in [0.05, 0.1) is 11.1 Å². The zero-order valence-corrected chi connectivity index (χ0v) is 37.2. The van der Waals surface area contributed by atoms with E-state index in [1.165, 1.54) is 84.3 Å². The zero-order valence-electron chi connectivity index (χ0n) is 37.2. The highest BCUT2D eigenvalue weighted by Gasteiger charge is 2.47. The summed E-state index contributed by atoms with van der Waals surface area (Å²) in [7, 11) is 0. The van der Waals surface area contributed by atoms with Crippen LogP contribution in [0.25, 0.3) is 44.5 Å². The zero-order chi connectivity index (χ0) is 43.5. The van der Waals surface area contributed by atoms with E-state index in [4.69, 9.17) is 0 Å². The quantitative estimate of drug-likeness (QED) is 0.148. The van der Waals surface area contributed by atoms with E-state index in [0.29, 0.717) is 0 Å². The van der Waals surface area contributed by atoms with Gasteiger partial charge in [0.2, 0.25) is 0 Å². The largest absolute Gasteiger partial charge is 0.310 e. The number of hydrogen-bond acceptors (Lipinski definition) is 1. The molecule has 0 saturated heterocycles. The van der Waals surface area contributed by atoms with E-state index in [2.05, 4.69) is 257 Å². The Bertz CT molecular complexity index is 3090. The van der Waals surface area contributed by atoms with Gasteiger partial charge >= 0.3 is 0 Å². The molecule has 0 fully saturated rings. The summed E-state index contributed by atoms with van der Waals surface area (Å²) < 4.78 is 0. The minimum atomic E-state index is -0.545. The highest BCUT2D eigenvalue weighted by atomic mass is 15.1. The van der Waals surface area contributed by atoms with Crippen molar-refractivity contribution in [2.24, 2.45) is 0 Å². The molecule has 1 heteroatoms. The molecule has 0 saturated carbocycles. The van der Waals surface area contributed by atoms with Crippen molar-refractivity contribution in [1.82, 2.24) is 0 Å². The van der Waals surface area contributed by atoms with Crippen molar-refractivity contribution in [3.8, 4) is 44.5 Å². The summed E-state index contributed by atoms with van der Waals surface area (Å²) in [6.45, 7) is 9.72. The Morgan fingerprint density at radius 2 is 0.781 bits per heavy atom. The van der Waals surface area contributed by atoms with Crippen molar-refractivity contribution in [2.45, 2.75) is 56.8 Å². The van der Waals surface area contributed by atoms with Crippen LogP contribution >= 0.6 is 0 Å². The number of nitrogens with zero attached hydrogens (tertiary/aromatic N) is 1. The lowest BCUT2D eigenvalue weighted by Gasteiger charge is -2.42. The number of rotatable bonds is 8. The molecule has 2 aliphatic carbocycles. The van der Waals surface area contributed by atoms with Crippen LogP contribution < -0.4 is 4.90 Å². The third-order valence-electron chi connectivity index (χ3n) is 14.4. The third-order valence-corrected chi connectivity index (χ3v) is 14.4. The van der Waals surface area contributed by atoms with Gasteiger partial charge < -0.3 is 4.90 Å². The molecule has 0 atom stereocenters. The fourth-order valence-corrected chi connectivity index (χ4v) is 11.0. The van der Waals surface area contributed by atoms with Gasteiger partial charge in [-0.05, 0) is 132 Å². The molecule has 0 spiro atoms. The standard InChI is InChI=1S/C63H53N/c1-61(2)39-40-62(3,4)59-41-46(35-38-57(59)61)54-42-55-53-31-19-20-32-56(53)63(47-23-11-6-12-24-47,48-25-13-7-14-26-48)58(55)43-60(54)64(49-27-15-8-16-28-49)50-36-33-45(34-37-50)52-30-18-17-29-51(52)44-21-9-5-10-22-44/h5-38,41-43H,39-40H2,1-4H3. The molecule has 1 nitrogen and oxygen atoms in total. The van der Waals surface area contributed by atoms with Crippen LogP contribution in [-0.4, -0.2) is 0 Å². The first-order valence-corrected chi connectivity index (χ1v) is 22.9. The Balaban J connectivity index is 1.20. The molecule has 310 valence electrons. The Labute approximate surface area is 379 Å². The van der Waals surface area contributed by atoms with Crippen molar-refractivity contribution in [3.63, 3.8) is 0 Å². The van der Waals surface area contributed by atoms with Crippen LogP contribution in [0.2, 0.25) is 0 Å². The van der Waals surface area contributed by atoms with Gasteiger partial charge in [-0.15, -0.1) is 0 Å². The van der Waals surface area contributed by atoms with E-state index in [1.807, 2.05) is 0 Å². The highest BCUT2D eigenvalue weighted by Crippen LogP contribution is 2.59. The predicted molar refractivity (Wildman–Crippen MR) is 270 cm³/mol. The summed E-state index contributed by atoms with van der Waals surface area (Å²) in [5, 5.41) is 0. The number of benzene rings is 9. The molecule has 11 rings (SSSR count). The molecule has 0 amide bonds. The van der Waals surface area contributed by atoms with Crippen molar-refractivity contribution in [3.05, 3.63) is 258 Å². The fourth-order valence-electron chi connectivity index (χ4n) is 11.0. The SMILES string of the molecule is CC1(C)CCC(C)(C)c2cc(-c3cc4c(cc3N(c3ccccc3)c3ccc(-c5ccccc5-c5ccccc5)cc3)C(c3ccccc3)(c3ccccc3)c3ccccc3-4)ccc21. The Kier molecular flexibility index (Phi) is 9.62. The molecule has 0 unspecified atom stereocenters. The van der Waals surface area contributed by atoms with Crippen molar-refractivity contribution in [1.29, 1.82) is 0 Å². The number of anilines is 3. The van der Waals surface area contributed by atoms with Gasteiger partial charge in [-0.2, -0.15) is 0 Å². The normalized spacial score (nSPS) is 15.1. The molecule has 64 heavy (non-hydrogen) atoms. The summed E-state index contributed by atoms with van der Waals surface area (Å²) >= 11 is 0. The lowest BCUT2D eigenvalue weighted by Crippen LogP contribution is -2.33. The summed E-state index contributed by atoms with van der Waals surface area (Å²) in [6.07, 6.45) is 2.34. The van der Waals surface area contributed by atoms with Crippen LogP contribution in [-0.2, 0) is 16.2 Å². The van der Waals surface area contributed by atoms with Crippen LogP contribution in [0.5, 0.6) is 0 Å². The third kappa shape index (κ3) is 6.45. The molecule has 0 N–H and O–H groups in total. The van der Waals surface area contributed by atoms with Gasteiger partial charge in [0.15, 0.2) is 0 Å². The first kappa shape index (κ1) is 39.6. The van der Waals surface area contributed by atoms with Gasteiger partial charge in [-0.3, -0.25) is 0 Å². The van der Waals surface area contributed by atoms with E-state index < -0.39 is 5.41 Å². The molecule has 9 aromatic rings. The summed E-state index contributed by atoms with van der Waals surface area (Å²) in [5.41, 5.74) is 20.9. The molecule has 0 heterocycles.